The number of benzene rings is 2. The Bertz CT molecular complexity index is 1340. The first kappa shape index (κ1) is 23.5. The molecule has 0 unspecified atom stereocenters. The molecule has 0 aliphatic heterocycles. The molecule has 0 aliphatic carbocycles. The lowest BCUT2D eigenvalue weighted by molar-refractivity contribution is -0.118. The molecule has 0 aliphatic rings. The van der Waals surface area contributed by atoms with Crippen molar-refractivity contribution in [2.75, 3.05) is 10.7 Å². The summed E-state index contributed by atoms with van der Waals surface area (Å²) >= 11 is 4.90. The van der Waals surface area contributed by atoms with E-state index in [1.54, 1.807) is 23.2 Å². The van der Waals surface area contributed by atoms with E-state index in [0.717, 1.165) is 25.9 Å². The van der Waals surface area contributed by atoms with Gasteiger partial charge < -0.3 is 0 Å². The van der Waals surface area contributed by atoms with Crippen LogP contribution in [0.3, 0.4) is 0 Å². The summed E-state index contributed by atoms with van der Waals surface area (Å²) in [5.41, 5.74) is 2.30. The molecule has 4 aromatic rings. The van der Waals surface area contributed by atoms with Gasteiger partial charge in [0.25, 0.3) is 0 Å². The second-order valence-electron chi connectivity index (χ2n) is 7.59. The van der Waals surface area contributed by atoms with E-state index in [-0.39, 0.29) is 36.8 Å². The highest BCUT2D eigenvalue weighted by molar-refractivity contribution is 9.10. The first-order valence-electron chi connectivity index (χ1n) is 10.4. The summed E-state index contributed by atoms with van der Waals surface area (Å²) in [7, 11) is -3.31. The van der Waals surface area contributed by atoms with Crippen molar-refractivity contribution in [3.63, 3.8) is 0 Å². The Labute approximate surface area is 205 Å². The zero-order valence-electron chi connectivity index (χ0n) is 17.7. The third kappa shape index (κ3) is 6.46. The van der Waals surface area contributed by atoms with E-state index in [2.05, 4.69) is 25.9 Å². The van der Waals surface area contributed by atoms with Crippen molar-refractivity contribution in [2.45, 2.75) is 25.1 Å². The Kier molecular flexibility index (Phi) is 7.52. The predicted octanol–water partition coefficient (Wildman–Crippen LogP) is 5.38. The largest absolute Gasteiger partial charge is 0.282 e. The van der Waals surface area contributed by atoms with Gasteiger partial charge in [0.2, 0.25) is 5.91 Å². The maximum Gasteiger partial charge on any atom is 0.229 e. The number of pyridine rings is 1. The zero-order valence-corrected chi connectivity index (χ0v) is 20.9. The number of carbonyl (C=O) groups excluding carboxylic acids is 1. The topological polar surface area (TPSA) is 80.2 Å². The summed E-state index contributed by atoms with van der Waals surface area (Å²) in [5.74, 6) is -0.238. The van der Waals surface area contributed by atoms with E-state index in [1.807, 2.05) is 54.6 Å². The molecule has 1 amide bonds. The molecule has 0 fully saturated rings. The molecule has 0 radical (unpaired) electrons. The summed E-state index contributed by atoms with van der Waals surface area (Å²) < 4.78 is 26.9. The minimum atomic E-state index is -3.31. The van der Waals surface area contributed by atoms with E-state index in [1.165, 1.54) is 11.3 Å². The molecule has 2 aromatic carbocycles. The lowest BCUT2D eigenvalue weighted by atomic mass is 10.2. The number of hydrogen-bond donors (Lipinski definition) is 0. The number of carbonyl (C=O) groups is 1. The van der Waals surface area contributed by atoms with Crippen LogP contribution in [0.5, 0.6) is 0 Å². The van der Waals surface area contributed by atoms with Crippen LogP contribution in [-0.4, -0.2) is 30.0 Å². The van der Waals surface area contributed by atoms with Gasteiger partial charge in [-0.1, -0.05) is 63.7 Å². The maximum atomic E-state index is 13.2. The number of nitrogens with zero attached hydrogens (tertiary/aromatic N) is 3. The second kappa shape index (κ2) is 10.5. The van der Waals surface area contributed by atoms with Gasteiger partial charge in [-0.25, -0.2) is 13.4 Å². The fourth-order valence-corrected chi connectivity index (χ4v) is 6.36. The number of aromatic nitrogens is 2. The molecule has 9 heteroatoms. The van der Waals surface area contributed by atoms with Crippen LogP contribution in [-0.2, 0) is 26.9 Å². The van der Waals surface area contributed by atoms with Gasteiger partial charge in [0.05, 0.1) is 34.0 Å². The van der Waals surface area contributed by atoms with E-state index in [4.69, 9.17) is 0 Å². The van der Waals surface area contributed by atoms with Gasteiger partial charge in [-0.15, -0.1) is 0 Å². The van der Waals surface area contributed by atoms with Gasteiger partial charge in [-0.3, -0.25) is 14.7 Å². The normalized spacial score (nSPS) is 11.5. The number of halogens is 1. The van der Waals surface area contributed by atoms with Crippen LogP contribution in [0, 0.1) is 0 Å². The molecular weight excluding hydrogens is 522 g/mol. The first-order chi connectivity index (χ1) is 15.9. The molecule has 0 spiro atoms. The predicted molar refractivity (Wildman–Crippen MR) is 136 cm³/mol. The van der Waals surface area contributed by atoms with Crippen LogP contribution < -0.4 is 4.90 Å². The Morgan fingerprint density at radius 3 is 2.58 bits per heavy atom. The SMILES string of the molecule is O=C(CCCS(=O)(=O)Cc1ccccc1)N(Cc1ccccn1)c1nc2ccc(Br)cc2s1. The summed E-state index contributed by atoms with van der Waals surface area (Å²) in [4.78, 5) is 23.8. The zero-order chi connectivity index (χ0) is 23.3. The molecule has 6 nitrogen and oxygen atoms in total. The van der Waals surface area contributed by atoms with Gasteiger partial charge in [-0.2, -0.15) is 0 Å². The lowest BCUT2D eigenvalue weighted by Crippen LogP contribution is -2.31. The van der Waals surface area contributed by atoms with Crippen LogP contribution in [0.4, 0.5) is 5.13 Å². The number of anilines is 1. The molecular formula is C24H22BrN3O3S2. The summed E-state index contributed by atoms with van der Waals surface area (Å²) in [6.07, 6.45) is 2.05. The number of fused-ring (bicyclic) bond motifs is 1. The Hall–Kier alpha value is -2.62. The highest BCUT2D eigenvalue weighted by Gasteiger charge is 2.22. The summed E-state index contributed by atoms with van der Waals surface area (Å²) in [5, 5.41) is 0.575. The second-order valence-corrected chi connectivity index (χ2v) is 11.7. The van der Waals surface area contributed by atoms with Crippen LogP contribution >= 0.6 is 27.3 Å². The standard InChI is InChI=1S/C24H22BrN3O3S2/c25-19-11-12-21-22(15-19)32-24(27-21)28(16-20-9-4-5-13-26-20)23(29)10-6-14-33(30,31)17-18-7-2-1-3-8-18/h1-5,7-9,11-13,15H,6,10,14,16-17H2. The quantitative estimate of drug-likeness (QED) is 0.283. The van der Waals surface area contributed by atoms with Crippen molar-refractivity contribution < 1.29 is 13.2 Å². The number of hydrogen-bond acceptors (Lipinski definition) is 6. The van der Waals surface area contributed by atoms with Crippen molar-refractivity contribution in [3.05, 3.63) is 88.7 Å². The number of sulfone groups is 1. The van der Waals surface area contributed by atoms with Crippen LogP contribution in [0.25, 0.3) is 10.2 Å². The summed E-state index contributed by atoms with van der Waals surface area (Å²) in [6.45, 7) is 0.275. The van der Waals surface area contributed by atoms with Gasteiger partial charge in [0, 0.05) is 17.1 Å². The Morgan fingerprint density at radius 1 is 1.03 bits per heavy atom. The molecule has 2 aromatic heterocycles. The van der Waals surface area contributed by atoms with E-state index < -0.39 is 9.84 Å². The molecule has 0 saturated carbocycles. The Morgan fingerprint density at radius 2 is 1.82 bits per heavy atom. The van der Waals surface area contributed by atoms with Crippen molar-refractivity contribution in [1.29, 1.82) is 0 Å². The highest BCUT2D eigenvalue weighted by Crippen LogP contribution is 2.32. The van der Waals surface area contributed by atoms with Crippen LogP contribution in [0.15, 0.2) is 77.4 Å². The van der Waals surface area contributed by atoms with Gasteiger partial charge in [0.1, 0.15) is 0 Å². The lowest BCUT2D eigenvalue weighted by Gasteiger charge is -2.19. The minimum absolute atomic E-state index is 0.0214. The monoisotopic (exact) mass is 543 g/mol. The maximum absolute atomic E-state index is 13.2. The van der Waals surface area contributed by atoms with Gasteiger partial charge in [0.15, 0.2) is 15.0 Å². The van der Waals surface area contributed by atoms with Crippen molar-refractivity contribution in [1.82, 2.24) is 9.97 Å². The van der Waals surface area contributed by atoms with E-state index in [9.17, 15) is 13.2 Å². The fourth-order valence-electron chi connectivity index (χ4n) is 3.40. The first-order valence-corrected chi connectivity index (χ1v) is 13.8. The van der Waals surface area contributed by atoms with E-state index in [0.29, 0.717) is 5.13 Å². The van der Waals surface area contributed by atoms with Crippen LogP contribution in [0.1, 0.15) is 24.1 Å². The molecule has 0 saturated heterocycles. The minimum Gasteiger partial charge on any atom is -0.282 e. The molecule has 33 heavy (non-hydrogen) atoms. The van der Waals surface area contributed by atoms with Gasteiger partial charge in [-0.05, 0) is 42.3 Å². The number of amides is 1. The average molecular weight is 544 g/mol. The third-order valence-corrected chi connectivity index (χ3v) is 8.21. The highest BCUT2D eigenvalue weighted by atomic mass is 79.9. The Balaban J connectivity index is 1.48. The smallest absolute Gasteiger partial charge is 0.229 e. The number of thiazole rings is 1. The summed E-state index contributed by atoms with van der Waals surface area (Å²) in [6, 6.07) is 20.4. The molecule has 2 heterocycles. The molecule has 0 bridgehead atoms. The molecule has 0 atom stereocenters. The van der Waals surface area contributed by atoms with Gasteiger partial charge >= 0.3 is 0 Å². The third-order valence-electron chi connectivity index (χ3n) is 4.99. The number of rotatable bonds is 9. The molecule has 4 rings (SSSR count). The average Bonchev–Trinajstić information content (AvgIpc) is 3.21. The molecule has 0 N–H and O–H groups in total. The van der Waals surface area contributed by atoms with E-state index >= 15 is 0 Å². The van der Waals surface area contributed by atoms with Crippen molar-refractivity contribution >= 4 is 58.4 Å². The van der Waals surface area contributed by atoms with Crippen molar-refractivity contribution in [2.24, 2.45) is 0 Å². The van der Waals surface area contributed by atoms with Crippen LogP contribution in [0.2, 0.25) is 0 Å². The fraction of sp³-hybridized carbons (Fsp3) is 0.208. The van der Waals surface area contributed by atoms with Crippen molar-refractivity contribution in [3.8, 4) is 0 Å². The molecule has 170 valence electrons.